The van der Waals surface area contributed by atoms with Gasteiger partial charge < -0.3 is 5.73 Å². The molecule has 2 aromatic carbocycles. The molecule has 0 bridgehead atoms. The minimum absolute atomic E-state index is 0.639. The summed E-state index contributed by atoms with van der Waals surface area (Å²) in [5.74, 6) is 0. The number of benzene rings is 2. The van der Waals surface area contributed by atoms with Crippen molar-refractivity contribution in [3.8, 4) is 0 Å². The van der Waals surface area contributed by atoms with E-state index in [-0.39, 0.29) is 0 Å². The number of anilines is 1. The van der Waals surface area contributed by atoms with Crippen LogP contribution in [0.15, 0.2) is 48.5 Å². The zero-order chi connectivity index (χ0) is 11.7. The molecule has 0 saturated carbocycles. The third-order valence-corrected chi connectivity index (χ3v) is 2.60. The fraction of sp³-hybridized carbons (Fsp3) is 0.0769. The Morgan fingerprint density at radius 2 is 1.65 bits per heavy atom. The van der Waals surface area contributed by atoms with Crippen molar-refractivity contribution in [2.45, 2.75) is 6.54 Å². The summed E-state index contributed by atoms with van der Waals surface area (Å²) in [6.07, 6.45) is 0. The molecule has 2 N–H and O–H groups in total. The molecule has 0 aliphatic rings. The van der Waals surface area contributed by atoms with Gasteiger partial charge in [0.25, 0.3) is 0 Å². The van der Waals surface area contributed by atoms with Crippen LogP contribution in [0.4, 0.5) is 5.69 Å². The van der Waals surface area contributed by atoms with Gasteiger partial charge in [0.05, 0.1) is 6.54 Å². The Bertz CT molecular complexity index is 624. The molecular weight excluding hydrogens is 212 g/mol. The van der Waals surface area contributed by atoms with E-state index < -0.39 is 0 Å². The first-order valence-electron chi connectivity index (χ1n) is 5.45. The van der Waals surface area contributed by atoms with Crippen LogP contribution in [-0.2, 0) is 6.54 Å². The van der Waals surface area contributed by atoms with Crippen molar-refractivity contribution in [2.24, 2.45) is 0 Å². The SMILES string of the molecule is Nc1cccc(Cn2nc3ccccc3n2)c1. The van der Waals surface area contributed by atoms with Gasteiger partial charge in [-0.25, -0.2) is 0 Å². The number of nitrogen functional groups attached to an aromatic ring is 1. The zero-order valence-corrected chi connectivity index (χ0v) is 9.24. The molecule has 0 unspecified atom stereocenters. The highest BCUT2D eigenvalue weighted by atomic mass is 15.5. The van der Waals surface area contributed by atoms with Gasteiger partial charge in [-0.3, -0.25) is 0 Å². The minimum Gasteiger partial charge on any atom is -0.399 e. The second-order valence-electron chi connectivity index (χ2n) is 3.96. The molecule has 17 heavy (non-hydrogen) atoms. The molecule has 0 aliphatic carbocycles. The molecule has 0 atom stereocenters. The maximum atomic E-state index is 5.74. The maximum absolute atomic E-state index is 5.74. The van der Waals surface area contributed by atoms with Gasteiger partial charge in [-0.2, -0.15) is 15.0 Å². The smallest absolute Gasteiger partial charge is 0.113 e. The fourth-order valence-electron chi connectivity index (χ4n) is 1.83. The molecule has 3 rings (SSSR count). The number of fused-ring (bicyclic) bond motifs is 1. The van der Waals surface area contributed by atoms with E-state index in [1.165, 1.54) is 0 Å². The van der Waals surface area contributed by atoms with Crippen LogP contribution in [0.2, 0.25) is 0 Å². The predicted octanol–water partition coefficient (Wildman–Crippen LogP) is 2.06. The summed E-state index contributed by atoms with van der Waals surface area (Å²) in [5, 5.41) is 8.80. The molecule has 1 heterocycles. The number of hydrogen-bond donors (Lipinski definition) is 1. The molecule has 0 spiro atoms. The summed E-state index contributed by atoms with van der Waals surface area (Å²) >= 11 is 0. The quantitative estimate of drug-likeness (QED) is 0.678. The van der Waals surface area contributed by atoms with E-state index in [0.29, 0.717) is 6.54 Å². The Morgan fingerprint density at radius 1 is 0.941 bits per heavy atom. The maximum Gasteiger partial charge on any atom is 0.113 e. The lowest BCUT2D eigenvalue weighted by Crippen LogP contribution is -2.03. The average Bonchev–Trinajstić information content (AvgIpc) is 2.71. The molecule has 0 amide bonds. The van der Waals surface area contributed by atoms with E-state index >= 15 is 0 Å². The topological polar surface area (TPSA) is 56.7 Å². The Balaban J connectivity index is 1.94. The first-order chi connectivity index (χ1) is 8.31. The molecule has 4 heteroatoms. The van der Waals surface area contributed by atoms with Crippen LogP contribution >= 0.6 is 0 Å². The van der Waals surface area contributed by atoms with Crippen molar-refractivity contribution in [1.82, 2.24) is 15.0 Å². The highest BCUT2D eigenvalue weighted by Gasteiger charge is 2.02. The number of nitrogens with zero attached hydrogens (tertiary/aromatic N) is 3. The van der Waals surface area contributed by atoms with Crippen molar-refractivity contribution in [3.05, 3.63) is 54.1 Å². The Kier molecular flexibility index (Phi) is 2.26. The van der Waals surface area contributed by atoms with Crippen molar-refractivity contribution < 1.29 is 0 Å². The normalized spacial score (nSPS) is 10.8. The third kappa shape index (κ3) is 1.97. The monoisotopic (exact) mass is 224 g/mol. The number of nitrogens with two attached hydrogens (primary N) is 1. The van der Waals surface area contributed by atoms with Gasteiger partial charge in [0.15, 0.2) is 0 Å². The summed E-state index contributed by atoms with van der Waals surface area (Å²) in [6.45, 7) is 0.639. The van der Waals surface area contributed by atoms with E-state index in [9.17, 15) is 0 Å². The standard InChI is InChI=1S/C13H12N4/c14-11-5-3-4-10(8-11)9-17-15-12-6-1-2-7-13(12)16-17/h1-8H,9,14H2. The number of rotatable bonds is 2. The van der Waals surface area contributed by atoms with Gasteiger partial charge in [-0.1, -0.05) is 24.3 Å². The lowest BCUT2D eigenvalue weighted by atomic mass is 10.2. The highest BCUT2D eigenvalue weighted by Crippen LogP contribution is 2.10. The summed E-state index contributed by atoms with van der Waals surface area (Å²) in [4.78, 5) is 1.69. The van der Waals surface area contributed by atoms with Crippen LogP contribution in [-0.4, -0.2) is 15.0 Å². The van der Waals surface area contributed by atoms with Crippen LogP contribution in [0.1, 0.15) is 5.56 Å². The highest BCUT2D eigenvalue weighted by molar-refractivity contribution is 5.72. The fourth-order valence-corrected chi connectivity index (χ4v) is 1.83. The van der Waals surface area contributed by atoms with Crippen LogP contribution in [0, 0.1) is 0 Å². The molecule has 0 radical (unpaired) electrons. The number of hydrogen-bond acceptors (Lipinski definition) is 3. The summed E-state index contributed by atoms with van der Waals surface area (Å²) in [5.41, 5.74) is 9.43. The molecule has 3 aromatic rings. The van der Waals surface area contributed by atoms with E-state index in [2.05, 4.69) is 10.2 Å². The largest absolute Gasteiger partial charge is 0.399 e. The van der Waals surface area contributed by atoms with E-state index in [0.717, 1.165) is 22.3 Å². The summed E-state index contributed by atoms with van der Waals surface area (Å²) in [7, 11) is 0. The molecular formula is C13H12N4. The van der Waals surface area contributed by atoms with Gasteiger partial charge in [0.1, 0.15) is 11.0 Å². The van der Waals surface area contributed by atoms with E-state index in [1.807, 2.05) is 48.5 Å². The lowest BCUT2D eigenvalue weighted by molar-refractivity contribution is 0.600. The van der Waals surface area contributed by atoms with Crippen LogP contribution in [0.3, 0.4) is 0 Å². The molecule has 84 valence electrons. The molecule has 1 aromatic heterocycles. The lowest BCUT2D eigenvalue weighted by Gasteiger charge is -2.00. The Morgan fingerprint density at radius 3 is 2.29 bits per heavy atom. The Hall–Kier alpha value is -2.36. The second-order valence-corrected chi connectivity index (χ2v) is 3.96. The predicted molar refractivity (Wildman–Crippen MR) is 67.5 cm³/mol. The minimum atomic E-state index is 0.639. The first-order valence-corrected chi connectivity index (χ1v) is 5.45. The average molecular weight is 224 g/mol. The van der Waals surface area contributed by atoms with Crippen molar-refractivity contribution in [2.75, 3.05) is 5.73 Å². The van der Waals surface area contributed by atoms with Crippen molar-refractivity contribution in [1.29, 1.82) is 0 Å². The van der Waals surface area contributed by atoms with Crippen LogP contribution in [0.5, 0.6) is 0 Å². The second kappa shape index (κ2) is 3.90. The molecule has 0 aliphatic heterocycles. The van der Waals surface area contributed by atoms with Gasteiger partial charge in [0, 0.05) is 5.69 Å². The van der Waals surface area contributed by atoms with Gasteiger partial charge in [-0.05, 0) is 29.8 Å². The van der Waals surface area contributed by atoms with E-state index in [4.69, 9.17) is 5.73 Å². The van der Waals surface area contributed by atoms with Crippen LogP contribution < -0.4 is 5.73 Å². The van der Waals surface area contributed by atoms with E-state index in [1.54, 1.807) is 4.80 Å². The Labute approximate surface area is 98.7 Å². The van der Waals surface area contributed by atoms with Gasteiger partial charge in [0.2, 0.25) is 0 Å². The number of aromatic nitrogens is 3. The third-order valence-electron chi connectivity index (χ3n) is 2.60. The van der Waals surface area contributed by atoms with Gasteiger partial charge >= 0.3 is 0 Å². The molecule has 4 nitrogen and oxygen atoms in total. The van der Waals surface area contributed by atoms with Crippen molar-refractivity contribution in [3.63, 3.8) is 0 Å². The summed E-state index contributed by atoms with van der Waals surface area (Å²) in [6, 6.07) is 15.6. The first kappa shape index (κ1) is 9.84. The summed E-state index contributed by atoms with van der Waals surface area (Å²) < 4.78 is 0. The zero-order valence-electron chi connectivity index (χ0n) is 9.24. The van der Waals surface area contributed by atoms with Crippen molar-refractivity contribution >= 4 is 16.7 Å². The van der Waals surface area contributed by atoms with Gasteiger partial charge in [-0.15, -0.1) is 0 Å². The molecule has 0 fully saturated rings. The van der Waals surface area contributed by atoms with Crippen LogP contribution in [0.25, 0.3) is 11.0 Å². The molecule has 0 saturated heterocycles.